The molecule has 2 heterocycles. The van der Waals surface area contributed by atoms with Crippen molar-refractivity contribution in [3.8, 4) is 5.88 Å². The van der Waals surface area contributed by atoms with Gasteiger partial charge in [0.2, 0.25) is 5.88 Å². The van der Waals surface area contributed by atoms with Crippen molar-refractivity contribution >= 4 is 27.0 Å². The maximum Gasteiger partial charge on any atom is 0.227 e. The molecule has 0 atom stereocenters. The molecule has 0 aliphatic carbocycles. The Bertz CT molecular complexity index is 402. The van der Waals surface area contributed by atoms with Crippen molar-refractivity contribution in [3.63, 3.8) is 0 Å². The van der Waals surface area contributed by atoms with Crippen LogP contribution in [0.5, 0.6) is 5.88 Å². The van der Waals surface area contributed by atoms with E-state index in [1.165, 1.54) is 6.33 Å². The Kier molecular flexibility index (Phi) is 2.40. The summed E-state index contributed by atoms with van der Waals surface area (Å²) in [5.41, 5.74) is 0.694. The van der Waals surface area contributed by atoms with Gasteiger partial charge in [0.1, 0.15) is 11.7 Å². The molecule has 0 saturated carbocycles. The molecule has 5 nitrogen and oxygen atoms in total. The van der Waals surface area contributed by atoms with Crippen LogP contribution < -0.4 is 4.74 Å². The number of alkyl halides is 1. The van der Waals surface area contributed by atoms with Gasteiger partial charge in [-0.2, -0.15) is 5.10 Å². The van der Waals surface area contributed by atoms with E-state index in [1.807, 2.05) is 0 Å². The number of hydrogen-bond acceptors (Lipinski definition) is 4. The Labute approximate surface area is 82.7 Å². The highest BCUT2D eigenvalue weighted by molar-refractivity contribution is 9.09. The molecule has 0 amide bonds. The summed E-state index contributed by atoms with van der Waals surface area (Å²) in [6, 6.07) is 0. The van der Waals surface area contributed by atoms with Gasteiger partial charge in [-0.25, -0.2) is 9.97 Å². The fourth-order valence-electron chi connectivity index (χ4n) is 0.993. The molecule has 0 spiro atoms. The van der Waals surface area contributed by atoms with Gasteiger partial charge in [-0.15, -0.1) is 0 Å². The topological polar surface area (TPSA) is 63.7 Å². The minimum atomic E-state index is 0.568. The van der Waals surface area contributed by atoms with Crippen molar-refractivity contribution in [1.82, 2.24) is 20.2 Å². The van der Waals surface area contributed by atoms with Crippen molar-refractivity contribution in [2.75, 3.05) is 11.9 Å². The number of hydrogen-bond donors (Lipinski definition) is 1. The summed E-state index contributed by atoms with van der Waals surface area (Å²) in [6.45, 7) is 0.581. The molecule has 0 radical (unpaired) electrons. The fourth-order valence-corrected chi connectivity index (χ4v) is 1.15. The summed E-state index contributed by atoms with van der Waals surface area (Å²) < 4.78 is 5.37. The maximum atomic E-state index is 5.37. The predicted octanol–water partition coefficient (Wildman–Crippen LogP) is 1.13. The highest BCUT2D eigenvalue weighted by Crippen LogP contribution is 2.18. The number of aromatic nitrogens is 4. The number of nitrogens with one attached hydrogen (secondary N) is 1. The molecule has 68 valence electrons. The zero-order chi connectivity index (χ0) is 9.10. The molecule has 2 aromatic heterocycles. The molecule has 0 bridgehead atoms. The van der Waals surface area contributed by atoms with Crippen molar-refractivity contribution in [3.05, 3.63) is 12.5 Å². The Morgan fingerprint density at radius 2 is 2.38 bits per heavy atom. The van der Waals surface area contributed by atoms with Crippen LogP contribution in [-0.4, -0.2) is 32.1 Å². The van der Waals surface area contributed by atoms with Crippen LogP contribution in [0.3, 0.4) is 0 Å². The number of nitrogens with zero attached hydrogens (tertiary/aromatic N) is 3. The first-order chi connectivity index (χ1) is 6.42. The van der Waals surface area contributed by atoms with Crippen LogP contribution in [0.15, 0.2) is 12.5 Å². The summed E-state index contributed by atoms with van der Waals surface area (Å²) >= 11 is 3.27. The molecule has 13 heavy (non-hydrogen) atoms. The lowest BCUT2D eigenvalue weighted by molar-refractivity contribution is 0.335. The molecule has 0 aromatic carbocycles. The smallest absolute Gasteiger partial charge is 0.227 e. The number of rotatable bonds is 3. The molecule has 0 aliphatic heterocycles. The molecule has 2 aromatic rings. The van der Waals surface area contributed by atoms with Crippen LogP contribution in [0.2, 0.25) is 0 Å². The second-order valence-electron chi connectivity index (χ2n) is 2.35. The monoisotopic (exact) mass is 242 g/mol. The molecule has 0 aliphatic rings. The molecule has 1 N–H and O–H groups in total. The normalized spacial score (nSPS) is 10.5. The van der Waals surface area contributed by atoms with E-state index in [0.717, 1.165) is 10.7 Å². The number of aromatic amines is 1. The van der Waals surface area contributed by atoms with Gasteiger partial charge in [0.15, 0.2) is 5.65 Å². The number of fused-ring (bicyclic) bond motifs is 1. The Balaban J connectivity index is 2.37. The lowest BCUT2D eigenvalue weighted by atomic mass is 10.4. The van der Waals surface area contributed by atoms with Crippen molar-refractivity contribution in [1.29, 1.82) is 0 Å². The molecule has 0 unspecified atom stereocenters. The van der Waals surface area contributed by atoms with Gasteiger partial charge in [-0.1, -0.05) is 15.9 Å². The molecular weight excluding hydrogens is 236 g/mol. The largest absolute Gasteiger partial charge is 0.476 e. The van der Waals surface area contributed by atoms with E-state index in [2.05, 4.69) is 36.1 Å². The van der Waals surface area contributed by atoms with E-state index in [0.29, 0.717) is 18.1 Å². The zero-order valence-corrected chi connectivity index (χ0v) is 8.28. The van der Waals surface area contributed by atoms with Crippen molar-refractivity contribution < 1.29 is 4.74 Å². The average Bonchev–Trinajstić information content (AvgIpc) is 2.62. The fraction of sp³-hybridized carbons (Fsp3) is 0.286. The highest BCUT2D eigenvalue weighted by Gasteiger charge is 2.04. The van der Waals surface area contributed by atoms with Crippen LogP contribution in [0.4, 0.5) is 0 Å². The van der Waals surface area contributed by atoms with E-state index in [1.54, 1.807) is 6.20 Å². The summed E-state index contributed by atoms with van der Waals surface area (Å²) in [4.78, 5) is 7.99. The Morgan fingerprint density at radius 3 is 3.23 bits per heavy atom. The van der Waals surface area contributed by atoms with E-state index in [4.69, 9.17) is 4.74 Å². The first kappa shape index (κ1) is 8.43. The SMILES string of the molecule is BrCCOc1ncnc2[nH]ncc12. The predicted molar refractivity (Wildman–Crippen MR) is 51.0 cm³/mol. The van der Waals surface area contributed by atoms with E-state index in [9.17, 15) is 0 Å². The van der Waals surface area contributed by atoms with Gasteiger partial charge in [0.05, 0.1) is 12.8 Å². The summed E-state index contributed by atoms with van der Waals surface area (Å²) in [6.07, 6.45) is 3.10. The summed E-state index contributed by atoms with van der Waals surface area (Å²) in [5, 5.41) is 8.18. The molecule has 0 saturated heterocycles. The third-order valence-corrected chi connectivity index (χ3v) is 1.85. The minimum absolute atomic E-state index is 0.568. The van der Waals surface area contributed by atoms with Crippen LogP contribution in [0.1, 0.15) is 0 Å². The van der Waals surface area contributed by atoms with E-state index >= 15 is 0 Å². The highest BCUT2D eigenvalue weighted by atomic mass is 79.9. The van der Waals surface area contributed by atoms with Gasteiger partial charge in [0, 0.05) is 5.33 Å². The number of ether oxygens (including phenoxy) is 1. The third kappa shape index (κ3) is 1.62. The lowest BCUT2D eigenvalue weighted by Crippen LogP contribution is -2.00. The van der Waals surface area contributed by atoms with Crippen LogP contribution in [0, 0.1) is 0 Å². The van der Waals surface area contributed by atoms with Gasteiger partial charge >= 0.3 is 0 Å². The van der Waals surface area contributed by atoms with Crippen molar-refractivity contribution in [2.24, 2.45) is 0 Å². The first-order valence-electron chi connectivity index (χ1n) is 3.74. The molecule has 6 heteroatoms. The van der Waals surface area contributed by atoms with Crippen molar-refractivity contribution in [2.45, 2.75) is 0 Å². The van der Waals surface area contributed by atoms with Crippen LogP contribution in [0.25, 0.3) is 11.0 Å². The summed E-state index contributed by atoms with van der Waals surface area (Å²) in [5.74, 6) is 0.568. The quantitative estimate of drug-likeness (QED) is 0.820. The number of H-pyrrole nitrogens is 1. The number of halogens is 1. The van der Waals surface area contributed by atoms with E-state index in [-0.39, 0.29) is 0 Å². The van der Waals surface area contributed by atoms with Gasteiger partial charge in [-0.3, -0.25) is 5.10 Å². The van der Waals surface area contributed by atoms with Gasteiger partial charge < -0.3 is 4.74 Å². The second kappa shape index (κ2) is 3.69. The molecular formula is C7H7BrN4O. The standard InChI is InChI=1S/C7H7BrN4O/c8-1-2-13-7-5-3-11-12-6(5)9-4-10-7/h3-4H,1-2H2,(H,9,10,11,12). The Morgan fingerprint density at radius 1 is 1.46 bits per heavy atom. The molecule has 0 fully saturated rings. The first-order valence-corrected chi connectivity index (χ1v) is 4.87. The molecule has 2 rings (SSSR count). The Hall–Kier alpha value is -1.17. The third-order valence-electron chi connectivity index (χ3n) is 1.53. The van der Waals surface area contributed by atoms with Crippen LogP contribution in [-0.2, 0) is 0 Å². The van der Waals surface area contributed by atoms with Crippen LogP contribution >= 0.6 is 15.9 Å². The maximum absolute atomic E-state index is 5.37. The lowest BCUT2D eigenvalue weighted by Gasteiger charge is -2.01. The average molecular weight is 243 g/mol. The summed E-state index contributed by atoms with van der Waals surface area (Å²) in [7, 11) is 0. The van der Waals surface area contributed by atoms with E-state index < -0.39 is 0 Å². The zero-order valence-electron chi connectivity index (χ0n) is 6.70. The van der Waals surface area contributed by atoms with Gasteiger partial charge in [0.25, 0.3) is 0 Å². The minimum Gasteiger partial charge on any atom is -0.476 e. The second-order valence-corrected chi connectivity index (χ2v) is 3.14. The van der Waals surface area contributed by atoms with Gasteiger partial charge in [-0.05, 0) is 0 Å².